The number of likely N-dealkylation sites (N-methyl/N-ethyl adjacent to an activating group) is 1. The normalized spacial score (nSPS) is 15.8. The minimum Gasteiger partial charge on any atom is -0.417 e. The quantitative estimate of drug-likeness (QED) is 0.582. The second-order valence-corrected chi connectivity index (χ2v) is 9.29. The lowest BCUT2D eigenvalue weighted by Crippen LogP contribution is -3.05. The van der Waals surface area contributed by atoms with Crippen LogP contribution >= 0.6 is 21.6 Å². The van der Waals surface area contributed by atoms with Gasteiger partial charge in [-0.05, 0) is 36.5 Å². The van der Waals surface area contributed by atoms with Crippen LogP contribution in [0.25, 0.3) is 10.9 Å². The summed E-state index contributed by atoms with van der Waals surface area (Å²) in [4.78, 5) is 16.9. The number of hydrogen-bond acceptors (Lipinski definition) is 4. The van der Waals surface area contributed by atoms with Crippen molar-refractivity contribution in [2.75, 3.05) is 20.6 Å². The zero-order valence-electron chi connectivity index (χ0n) is 14.4. The topological polar surface area (TPSA) is 46.5 Å². The van der Waals surface area contributed by atoms with Crippen molar-refractivity contribution in [3.05, 3.63) is 30.0 Å². The van der Waals surface area contributed by atoms with Gasteiger partial charge in [0.15, 0.2) is 0 Å². The predicted octanol–water partition coefficient (Wildman–Crippen LogP) is 3.53. The van der Waals surface area contributed by atoms with E-state index in [2.05, 4.69) is 26.0 Å². The molecule has 6 heteroatoms. The zero-order chi connectivity index (χ0) is 17.1. The van der Waals surface area contributed by atoms with Gasteiger partial charge in [0.2, 0.25) is 0 Å². The number of quaternary nitrogens is 1. The van der Waals surface area contributed by atoms with Crippen molar-refractivity contribution >= 4 is 37.8 Å². The van der Waals surface area contributed by atoms with E-state index in [4.69, 9.17) is 4.74 Å². The highest BCUT2D eigenvalue weighted by Crippen LogP contribution is 2.43. The van der Waals surface area contributed by atoms with Crippen LogP contribution in [0.1, 0.15) is 25.3 Å². The minimum atomic E-state index is -0.231. The van der Waals surface area contributed by atoms with Crippen LogP contribution < -0.4 is 9.64 Å². The molecule has 1 aromatic carbocycles. The number of fused-ring (bicyclic) bond motifs is 1. The van der Waals surface area contributed by atoms with E-state index in [1.165, 1.54) is 34.1 Å². The van der Waals surface area contributed by atoms with Gasteiger partial charge in [0.05, 0.1) is 20.6 Å². The summed E-state index contributed by atoms with van der Waals surface area (Å²) in [5.74, 6) is 1.44. The molecule has 1 heterocycles. The molecular weight excluding hydrogens is 340 g/mol. The summed E-state index contributed by atoms with van der Waals surface area (Å²) in [5.41, 5.74) is 2.23. The minimum absolute atomic E-state index is 0.231. The first-order valence-corrected chi connectivity index (χ1v) is 10.7. The molecule has 0 amide bonds. The fourth-order valence-electron chi connectivity index (χ4n) is 2.75. The summed E-state index contributed by atoms with van der Waals surface area (Å²) >= 11 is 0. The lowest BCUT2D eigenvalue weighted by atomic mass is 10.1. The highest BCUT2D eigenvalue weighted by molar-refractivity contribution is 8.82. The van der Waals surface area contributed by atoms with Crippen LogP contribution in [-0.2, 0) is 6.42 Å². The molecule has 0 radical (unpaired) electrons. The average molecular weight is 366 g/mol. The predicted molar refractivity (Wildman–Crippen MR) is 103 cm³/mol. The van der Waals surface area contributed by atoms with Crippen molar-refractivity contribution in [3.8, 4) is 5.75 Å². The second kappa shape index (κ2) is 7.85. The molecule has 1 aromatic heterocycles. The maximum atomic E-state index is 12.2. The van der Waals surface area contributed by atoms with Gasteiger partial charge >= 0.3 is 5.30 Å². The SMILES string of the molecule is CC(SSC(=O)Oc1cccc2[nH]cc(CC[NH+](C)C)c12)C1CC1. The molecule has 1 atom stereocenters. The average Bonchev–Trinajstić information content (AvgIpc) is 3.31. The maximum Gasteiger partial charge on any atom is 0.383 e. The van der Waals surface area contributed by atoms with E-state index < -0.39 is 0 Å². The number of H-pyrrole nitrogens is 1. The Morgan fingerprint density at radius 2 is 2.21 bits per heavy atom. The van der Waals surface area contributed by atoms with E-state index in [9.17, 15) is 4.79 Å². The fourth-order valence-corrected chi connectivity index (χ4v) is 4.80. The summed E-state index contributed by atoms with van der Waals surface area (Å²) in [6.07, 6.45) is 5.58. The van der Waals surface area contributed by atoms with E-state index in [-0.39, 0.29) is 5.30 Å². The third kappa shape index (κ3) is 4.49. The van der Waals surface area contributed by atoms with Crippen molar-refractivity contribution in [2.45, 2.75) is 31.4 Å². The van der Waals surface area contributed by atoms with Crippen molar-refractivity contribution in [1.82, 2.24) is 4.98 Å². The van der Waals surface area contributed by atoms with Crippen LogP contribution in [0.15, 0.2) is 24.4 Å². The Kier molecular flexibility index (Phi) is 5.79. The van der Waals surface area contributed by atoms with Crippen LogP contribution in [0.2, 0.25) is 0 Å². The highest BCUT2D eigenvalue weighted by Gasteiger charge is 2.29. The zero-order valence-corrected chi connectivity index (χ0v) is 16.1. The van der Waals surface area contributed by atoms with E-state index in [1.807, 2.05) is 24.4 Å². The Morgan fingerprint density at radius 1 is 1.42 bits per heavy atom. The molecule has 0 bridgehead atoms. The lowest BCUT2D eigenvalue weighted by molar-refractivity contribution is -0.858. The van der Waals surface area contributed by atoms with E-state index in [1.54, 1.807) is 10.8 Å². The fraction of sp³-hybridized carbons (Fsp3) is 0.500. The van der Waals surface area contributed by atoms with Gasteiger partial charge in [0, 0.05) is 39.6 Å². The Labute approximate surface area is 151 Å². The van der Waals surface area contributed by atoms with Gasteiger partial charge in [-0.15, -0.1) is 0 Å². The van der Waals surface area contributed by atoms with Crippen LogP contribution in [0.4, 0.5) is 4.79 Å². The molecule has 1 aliphatic rings. The Morgan fingerprint density at radius 3 is 2.92 bits per heavy atom. The second-order valence-electron chi connectivity index (χ2n) is 6.77. The third-order valence-electron chi connectivity index (χ3n) is 4.39. The number of ether oxygens (including phenoxy) is 1. The molecule has 0 spiro atoms. The first-order valence-electron chi connectivity index (χ1n) is 8.47. The Balaban J connectivity index is 1.68. The molecule has 130 valence electrons. The van der Waals surface area contributed by atoms with Gasteiger partial charge in [0.1, 0.15) is 5.75 Å². The number of carbonyl (C=O) groups is 1. The number of aromatic amines is 1. The van der Waals surface area contributed by atoms with Gasteiger partial charge in [-0.2, -0.15) is 0 Å². The number of carbonyl (C=O) groups excluding carboxylic acids is 1. The van der Waals surface area contributed by atoms with Crippen molar-refractivity contribution in [1.29, 1.82) is 0 Å². The first kappa shape index (κ1) is 17.7. The van der Waals surface area contributed by atoms with Crippen molar-refractivity contribution in [3.63, 3.8) is 0 Å². The number of benzene rings is 1. The molecule has 0 saturated heterocycles. The van der Waals surface area contributed by atoms with Gasteiger partial charge in [0.25, 0.3) is 0 Å². The van der Waals surface area contributed by atoms with Gasteiger partial charge < -0.3 is 14.6 Å². The molecule has 1 fully saturated rings. The molecular formula is C18H25N2O2S2+. The third-order valence-corrected chi connectivity index (χ3v) is 7.00. The van der Waals surface area contributed by atoms with Gasteiger partial charge in [-0.25, -0.2) is 4.79 Å². The molecule has 24 heavy (non-hydrogen) atoms. The molecule has 2 aromatic rings. The van der Waals surface area contributed by atoms with Crippen LogP contribution in [0.3, 0.4) is 0 Å². The maximum absolute atomic E-state index is 12.2. The number of nitrogens with one attached hydrogen (secondary N) is 2. The summed E-state index contributed by atoms with van der Waals surface area (Å²) in [5, 5.41) is 1.32. The highest BCUT2D eigenvalue weighted by atomic mass is 33.1. The van der Waals surface area contributed by atoms with Crippen LogP contribution in [0.5, 0.6) is 5.75 Å². The summed E-state index contributed by atoms with van der Waals surface area (Å²) in [6.45, 7) is 3.23. The molecule has 3 rings (SSSR count). The molecule has 4 nitrogen and oxygen atoms in total. The van der Waals surface area contributed by atoms with Gasteiger partial charge in [-0.3, -0.25) is 0 Å². The van der Waals surface area contributed by atoms with Crippen LogP contribution in [-0.4, -0.2) is 36.2 Å². The van der Waals surface area contributed by atoms with Crippen molar-refractivity contribution < 1.29 is 14.4 Å². The Bertz CT molecular complexity index is 710. The molecule has 1 unspecified atom stereocenters. The largest absolute Gasteiger partial charge is 0.417 e. The summed E-state index contributed by atoms with van der Waals surface area (Å²) in [7, 11) is 7.14. The molecule has 1 aliphatic carbocycles. The lowest BCUT2D eigenvalue weighted by Gasteiger charge is -2.10. The molecule has 1 saturated carbocycles. The van der Waals surface area contributed by atoms with Crippen molar-refractivity contribution in [2.24, 2.45) is 5.92 Å². The molecule has 2 N–H and O–H groups in total. The first-order chi connectivity index (χ1) is 11.5. The standard InChI is InChI=1S/C18H24N2O2S2/c1-12(13-7-8-13)23-24-18(21)22-16-6-4-5-15-17(16)14(11-19-15)9-10-20(2)3/h4-6,11-13,19H,7-10H2,1-3H3/p+1. The van der Waals surface area contributed by atoms with E-state index in [0.717, 1.165) is 29.8 Å². The smallest absolute Gasteiger partial charge is 0.383 e. The number of aromatic nitrogens is 1. The van der Waals surface area contributed by atoms with Crippen LogP contribution in [0, 0.1) is 5.92 Å². The number of hydrogen-bond donors (Lipinski definition) is 2. The number of rotatable bonds is 7. The summed E-state index contributed by atoms with van der Waals surface area (Å²) in [6, 6.07) is 5.83. The summed E-state index contributed by atoms with van der Waals surface area (Å²) < 4.78 is 5.66. The van der Waals surface area contributed by atoms with Gasteiger partial charge in [-0.1, -0.05) is 23.8 Å². The molecule has 0 aliphatic heterocycles. The Hall–Kier alpha value is -1.11. The monoisotopic (exact) mass is 365 g/mol. The van der Waals surface area contributed by atoms with E-state index >= 15 is 0 Å². The van der Waals surface area contributed by atoms with E-state index in [0.29, 0.717) is 11.0 Å².